The molecule has 1 saturated heterocycles. The molecule has 0 saturated carbocycles. The summed E-state index contributed by atoms with van der Waals surface area (Å²) in [5.74, 6) is 2.09. The zero-order valence-corrected chi connectivity index (χ0v) is 15.1. The zero-order chi connectivity index (χ0) is 17.8. The van der Waals surface area contributed by atoms with Crippen LogP contribution in [0.4, 0.5) is 10.5 Å². The number of piperidine rings is 1. The van der Waals surface area contributed by atoms with Crippen LogP contribution in [0.1, 0.15) is 44.0 Å². The Morgan fingerprint density at radius 1 is 1.44 bits per heavy atom. The lowest BCUT2D eigenvalue weighted by Crippen LogP contribution is -2.41. The zero-order valence-electron chi connectivity index (χ0n) is 15.1. The molecule has 1 aliphatic rings. The molecule has 0 spiro atoms. The summed E-state index contributed by atoms with van der Waals surface area (Å²) in [5.41, 5.74) is 1.80. The first-order valence-electron chi connectivity index (χ1n) is 8.85. The molecule has 1 aromatic heterocycles. The van der Waals surface area contributed by atoms with Gasteiger partial charge in [-0.05, 0) is 57.4 Å². The summed E-state index contributed by atoms with van der Waals surface area (Å²) in [6.45, 7) is 7.45. The molecule has 0 bridgehead atoms. The van der Waals surface area contributed by atoms with Crippen LogP contribution in [-0.4, -0.2) is 40.1 Å². The Morgan fingerprint density at radius 3 is 2.96 bits per heavy atom. The first-order valence-corrected chi connectivity index (χ1v) is 8.85. The second-order valence-electron chi connectivity index (χ2n) is 6.84. The van der Waals surface area contributed by atoms with Crippen molar-refractivity contribution in [2.75, 3.05) is 18.4 Å². The van der Waals surface area contributed by atoms with Crippen molar-refractivity contribution in [2.24, 2.45) is 0 Å². The maximum atomic E-state index is 12.6. The average Bonchev–Trinajstić information content (AvgIpc) is 3.12. The lowest BCUT2D eigenvalue weighted by atomic mass is 9.98. The van der Waals surface area contributed by atoms with E-state index in [1.54, 1.807) is 6.20 Å². The van der Waals surface area contributed by atoms with E-state index < -0.39 is 0 Å². The fourth-order valence-corrected chi connectivity index (χ4v) is 3.20. The molecule has 2 aromatic rings. The highest BCUT2D eigenvalue weighted by molar-refractivity contribution is 5.89. The molecule has 25 heavy (non-hydrogen) atoms. The molecule has 1 aromatic carbocycles. The Morgan fingerprint density at radius 2 is 2.28 bits per heavy atom. The van der Waals surface area contributed by atoms with Gasteiger partial charge >= 0.3 is 6.03 Å². The summed E-state index contributed by atoms with van der Waals surface area (Å²) in [5, 5.41) is 3.00. The van der Waals surface area contributed by atoms with Gasteiger partial charge in [-0.3, -0.25) is 0 Å². The number of benzene rings is 1. The van der Waals surface area contributed by atoms with Crippen LogP contribution in [0, 0.1) is 6.92 Å². The molecule has 6 nitrogen and oxygen atoms in total. The van der Waals surface area contributed by atoms with E-state index in [0.29, 0.717) is 6.54 Å². The highest BCUT2D eigenvalue weighted by Crippen LogP contribution is 2.26. The van der Waals surface area contributed by atoms with E-state index in [2.05, 4.69) is 15.3 Å². The average molecular weight is 342 g/mol. The van der Waals surface area contributed by atoms with Gasteiger partial charge in [-0.2, -0.15) is 0 Å². The van der Waals surface area contributed by atoms with Crippen LogP contribution >= 0.6 is 0 Å². The molecule has 1 fully saturated rings. The van der Waals surface area contributed by atoms with Crippen molar-refractivity contribution < 1.29 is 9.53 Å². The third-order valence-electron chi connectivity index (χ3n) is 4.40. The Labute approximate surface area is 148 Å². The number of carbonyl (C=O) groups excluding carboxylic acids is 1. The fourth-order valence-electron chi connectivity index (χ4n) is 3.20. The van der Waals surface area contributed by atoms with Crippen LogP contribution in [0.3, 0.4) is 0 Å². The van der Waals surface area contributed by atoms with Gasteiger partial charge < -0.3 is 19.9 Å². The number of ether oxygens (including phenoxy) is 1. The monoisotopic (exact) mass is 342 g/mol. The van der Waals surface area contributed by atoms with Crippen LogP contribution in [0.2, 0.25) is 0 Å². The van der Waals surface area contributed by atoms with Crippen LogP contribution < -0.4 is 10.1 Å². The van der Waals surface area contributed by atoms with Gasteiger partial charge in [0.1, 0.15) is 11.6 Å². The second-order valence-corrected chi connectivity index (χ2v) is 6.84. The molecule has 6 heteroatoms. The minimum absolute atomic E-state index is 0.0619. The third kappa shape index (κ3) is 4.32. The van der Waals surface area contributed by atoms with Crippen molar-refractivity contribution in [1.82, 2.24) is 14.9 Å². The number of carbonyl (C=O) groups is 1. The quantitative estimate of drug-likeness (QED) is 0.885. The van der Waals surface area contributed by atoms with Gasteiger partial charge in [0.05, 0.1) is 6.10 Å². The number of urea groups is 1. The molecule has 0 unspecified atom stereocenters. The van der Waals surface area contributed by atoms with Crippen molar-refractivity contribution >= 4 is 11.7 Å². The number of aromatic nitrogens is 2. The smallest absolute Gasteiger partial charge is 0.321 e. The Kier molecular flexibility index (Phi) is 5.26. The number of H-pyrrole nitrogens is 1. The first kappa shape index (κ1) is 17.3. The predicted molar refractivity (Wildman–Crippen MR) is 98.1 cm³/mol. The van der Waals surface area contributed by atoms with E-state index in [0.717, 1.165) is 42.2 Å². The summed E-state index contributed by atoms with van der Waals surface area (Å²) >= 11 is 0. The van der Waals surface area contributed by atoms with Gasteiger partial charge in [-0.1, -0.05) is 0 Å². The molecule has 0 aliphatic carbocycles. The molecule has 2 heterocycles. The van der Waals surface area contributed by atoms with Crippen LogP contribution in [0.5, 0.6) is 5.75 Å². The van der Waals surface area contributed by atoms with E-state index in [4.69, 9.17) is 4.74 Å². The summed E-state index contributed by atoms with van der Waals surface area (Å²) in [6, 6.07) is 5.68. The fraction of sp³-hybridized carbons (Fsp3) is 0.474. The maximum absolute atomic E-state index is 12.6. The number of imidazole rings is 1. The number of hydrogen-bond donors (Lipinski definition) is 2. The number of aryl methyl sites for hydroxylation is 1. The highest BCUT2D eigenvalue weighted by Gasteiger charge is 2.26. The van der Waals surface area contributed by atoms with Crippen molar-refractivity contribution in [2.45, 2.75) is 45.6 Å². The summed E-state index contributed by atoms with van der Waals surface area (Å²) < 4.78 is 5.74. The molecule has 2 amide bonds. The molecule has 134 valence electrons. The lowest BCUT2D eigenvalue weighted by Gasteiger charge is -2.32. The van der Waals surface area contributed by atoms with Crippen molar-refractivity contribution in [1.29, 1.82) is 0 Å². The lowest BCUT2D eigenvalue weighted by molar-refractivity contribution is 0.191. The van der Waals surface area contributed by atoms with Crippen LogP contribution in [0.25, 0.3) is 0 Å². The minimum atomic E-state index is -0.0619. The molecular formula is C19H26N4O2. The van der Waals surface area contributed by atoms with Gasteiger partial charge in [0, 0.05) is 37.1 Å². The minimum Gasteiger partial charge on any atom is -0.491 e. The van der Waals surface area contributed by atoms with Gasteiger partial charge in [-0.15, -0.1) is 0 Å². The highest BCUT2D eigenvalue weighted by atomic mass is 16.5. The summed E-state index contributed by atoms with van der Waals surface area (Å²) in [7, 11) is 0. The van der Waals surface area contributed by atoms with Crippen LogP contribution in [-0.2, 0) is 0 Å². The van der Waals surface area contributed by atoms with Crippen molar-refractivity contribution in [3.63, 3.8) is 0 Å². The van der Waals surface area contributed by atoms with E-state index in [9.17, 15) is 4.79 Å². The predicted octanol–water partition coefficient (Wildman–Crippen LogP) is 3.92. The number of hydrogen-bond acceptors (Lipinski definition) is 3. The van der Waals surface area contributed by atoms with Crippen molar-refractivity contribution in [3.05, 3.63) is 42.0 Å². The molecule has 0 radical (unpaired) electrons. The molecule has 2 N–H and O–H groups in total. The number of nitrogens with zero attached hydrogens (tertiary/aromatic N) is 2. The number of rotatable bonds is 4. The topological polar surface area (TPSA) is 70.2 Å². The SMILES string of the molecule is Cc1cc(NC(=O)N2CCC[C@@H](c3ncc[nH]3)C2)ccc1OC(C)C. The van der Waals surface area contributed by atoms with Gasteiger partial charge in [0.25, 0.3) is 0 Å². The number of likely N-dealkylation sites (tertiary alicyclic amines) is 1. The largest absolute Gasteiger partial charge is 0.491 e. The molecular weight excluding hydrogens is 316 g/mol. The molecule has 1 aliphatic heterocycles. The normalized spacial score (nSPS) is 17.6. The van der Waals surface area contributed by atoms with Gasteiger partial charge in [0.15, 0.2) is 0 Å². The van der Waals surface area contributed by atoms with Gasteiger partial charge in [-0.25, -0.2) is 9.78 Å². The molecule has 1 atom stereocenters. The number of aromatic amines is 1. The Bertz CT molecular complexity index is 712. The summed E-state index contributed by atoms with van der Waals surface area (Å²) in [4.78, 5) is 22.0. The number of amides is 2. The molecule has 3 rings (SSSR count). The van der Waals surface area contributed by atoms with E-state index in [1.807, 2.05) is 50.1 Å². The van der Waals surface area contributed by atoms with Gasteiger partial charge in [0.2, 0.25) is 0 Å². The Hall–Kier alpha value is -2.50. The second kappa shape index (κ2) is 7.59. The van der Waals surface area contributed by atoms with Crippen LogP contribution in [0.15, 0.2) is 30.6 Å². The van der Waals surface area contributed by atoms with Crippen molar-refractivity contribution in [3.8, 4) is 5.75 Å². The summed E-state index contributed by atoms with van der Waals surface area (Å²) in [6.07, 6.45) is 5.76. The standard InChI is InChI=1S/C19H26N4O2/c1-13(2)25-17-7-6-16(11-14(17)3)22-19(24)23-10-4-5-15(12-23)18-20-8-9-21-18/h6-9,11,13,15H,4-5,10,12H2,1-3H3,(H,20,21)(H,22,24)/t15-/m1/s1. The van der Waals surface area contributed by atoms with E-state index >= 15 is 0 Å². The number of anilines is 1. The Balaban J connectivity index is 1.62. The van der Waals surface area contributed by atoms with E-state index in [1.165, 1.54) is 0 Å². The maximum Gasteiger partial charge on any atom is 0.321 e. The first-order chi connectivity index (χ1) is 12.0. The third-order valence-corrected chi connectivity index (χ3v) is 4.40. The number of nitrogens with one attached hydrogen (secondary N) is 2. The van der Waals surface area contributed by atoms with E-state index in [-0.39, 0.29) is 18.1 Å².